The van der Waals surface area contributed by atoms with E-state index in [1.54, 1.807) is 6.20 Å². The standard InChI is InChI=1S/C4H5NOS/c7-2-4-1-5-3-6-4/h1,3,7H,2H2. The Bertz CT molecular complexity index is 126. The molecule has 0 amide bonds. The fraction of sp³-hybridized carbons (Fsp3) is 0.250. The minimum Gasteiger partial charge on any atom is -0.448 e. The third-order valence-corrected chi connectivity index (χ3v) is 0.951. The summed E-state index contributed by atoms with van der Waals surface area (Å²) in [7, 11) is 0. The maximum Gasteiger partial charge on any atom is 0.180 e. The van der Waals surface area contributed by atoms with Crippen molar-refractivity contribution in [3.63, 3.8) is 0 Å². The van der Waals surface area contributed by atoms with Crippen molar-refractivity contribution in [3.8, 4) is 0 Å². The lowest BCUT2D eigenvalue weighted by Gasteiger charge is -1.76. The second-order valence-electron chi connectivity index (χ2n) is 1.13. The van der Waals surface area contributed by atoms with E-state index in [2.05, 4.69) is 17.6 Å². The van der Waals surface area contributed by atoms with E-state index in [-0.39, 0.29) is 0 Å². The predicted octanol–water partition coefficient (Wildman–Crippen LogP) is 1.10. The van der Waals surface area contributed by atoms with Gasteiger partial charge in [-0.05, 0) is 0 Å². The smallest absolute Gasteiger partial charge is 0.180 e. The molecule has 0 bridgehead atoms. The van der Waals surface area contributed by atoms with Crippen LogP contribution < -0.4 is 0 Å². The molecule has 0 spiro atoms. The summed E-state index contributed by atoms with van der Waals surface area (Å²) in [6, 6.07) is 0. The summed E-state index contributed by atoms with van der Waals surface area (Å²) < 4.78 is 4.80. The summed E-state index contributed by atoms with van der Waals surface area (Å²) in [5.41, 5.74) is 0. The highest BCUT2D eigenvalue weighted by molar-refractivity contribution is 7.79. The van der Waals surface area contributed by atoms with E-state index in [0.717, 1.165) is 5.76 Å². The van der Waals surface area contributed by atoms with E-state index in [1.807, 2.05) is 0 Å². The van der Waals surface area contributed by atoms with Crippen LogP contribution in [0.3, 0.4) is 0 Å². The lowest BCUT2D eigenvalue weighted by atomic mass is 10.6. The van der Waals surface area contributed by atoms with Crippen LogP contribution in [0, 0.1) is 0 Å². The van der Waals surface area contributed by atoms with Crippen LogP contribution in [0.5, 0.6) is 0 Å². The molecule has 0 atom stereocenters. The van der Waals surface area contributed by atoms with Crippen LogP contribution in [0.25, 0.3) is 0 Å². The van der Waals surface area contributed by atoms with Gasteiger partial charge in [-0.3, -0.25) is 0 Å². The highest BCUT2D eigenvalue weighted by Gasteiger charge is 1.86. The minimum atomic E-state index is 0.625. The second kappa shape index (κ2) is 2.02. The van der Waals surface area contributed by atoms with Gasteiger partial charge in [0.2, 0.25) is 0 Å². The number of nitrogens with zero attached hydrogens (tertiary/aromatic N) is 1. The quantitative estimate of drug-likeness (QED) is 0.555. The van der Waals surface area contributed by atoms with Gasteiger partial charge < -0.3 is 4.42 Å². The molecule has 0 aliphatic carbocycles. The van der Waals surface area contributed by atoms with E-state index in [0.29, 0.717) is 5.75 Å². The van der Waals surface area contributed by atoms with Crippen LogP contribution in [-0.4, -0.2) is 4.98 Å². The summed E-state index contributed by atoms with van der Waals surface area (Å²) >= 11 is 3.94. The number of thiol groups is 1. The highest BCUT2D eigenvalue weighted by atomic mass is 32.1. The molecular weight excluding hydrogens is 110 g/mol. The van der Waals surface area contributed by atoms with Crippen molar-refractivity contribution in [1.29, 1.82) is 0 Å². The van der Waals surface area contributed by atoms with E-state index >= 15 is 0 Å². The number of hydrogen-bond acceptors (Lipinski definition) is 3. The molecule has 0 aromatic carbocycles. The van der Waals surface area contributed by atoms with Gasteiger partial charge in [0.15, 0.2) is 6.39 Å². The number of rotatable bonds is 1. The summed E-state index contributed by atoms with van der Waals surface area (Å²) in [5.74, 6) is 1.43. The Morgan fingerprint density at radius 1 is 1.86 bits per heavy atom. The maximum absolute atomic E-state index is 4.80. The molecule has 0 saturated carbocycles. The topological polar surface area (TPSA) is 26.0 Å². The molecule has 1 rings (SSSR count). The average molecular weight is 115 g/mol. The first kappa shape index (κ1) is 4.71. The molecule has 1 heterocycles. The molecule has 0 saturated heterocycles. The largest absolute Gasteiger partial charge is 0.448 e. The Balaban J connectivity index is 2.76. The van der Waals surface area contributed by atoms with Crippen molar-refractivity contribution < 1.29 is 4.42 Å². The lowest BCUT2D eigenvalue weighted by molar-refractivity contribution is 0.523. The second-order valence-corrected chi connectivity index (χ2v) is 1.44. The number of hydrogen-bond donors (Lipinski definition) is 1. The molecule has 1 aromatic heterocycles. The van der Waals surface area contributed by atoms with Crippen molar-refractivity contribution in [2.24, 2.45) is 0 Å². The fourth-order valence-corrected chi connectivity index (χ4v) is 0.476. The lowest BCUT2D eigenvalue weighted by Crippen LogP contribution is -1.63. The zero-order valence-corrected chi connectivity index (χ0v) is 4.56. The van der Waals surface area contributed by atoms with E-state index in [9.17, 15) is 0 Å². The van der Waals surface area contributed by atoms with Crippen molar-refractivity contribution in [2.45, 2.75) is 5.75 Å². The molecule has 2 nitrogen and oxygen atoms in total. The minimum absolute atomic E-state index is 0.625. The summed E-state index contributed by atoms with van der Waals surface area (Å²) in [5, 5.41) is 0. The normalized spacial score (nSPS) is 9.29. The first-order chi connectivity index (χ1) is 3.43. The summed E-state index contributed by atoms with van der Waals surface area (Å²) in [4.78, 5) is 3.68. The number of oxazole rings is 1. The van der Waals surface area contributed by atoms with Crippen LogP contribution in [0.15, 0.2) is 17.0 Å². The Kier molecular flexibility index (Phi) is 1.36. The predicted molar refractivity (Wildman–Crippen MR) is 29.2 cm³/mol. The molecule has 7 heavy (non-hydrogen) atoms. The van der Waals surface area contributed by atoms with Crippen LogP contribution in [0.4, 0.5) is 0 Å². The van der Waals surface area contributed by atoms with E-state index < -0.39 is 0 Å². The molecule has 3 heteroatoms. The van der Waals surface area contributed by atoms with Gasteiger partial charge >= 0.3 is 0 Å². The van der Waals surface area contributed by atoms with Gasteiger partial charge in [0.05, 0.1) is 11.9 Å². The highest BCUT2D eigenvalue weighted by Crippen LogP contribution is 1.98. The van der Waals surface area contributed by atoms with Crippen LogP contribution >= 0.6 is 12.6 Å². The molecule has 0 aliphatic rings. The van der Waals surface area contributed by atoms with Gasteiger partial charge in [0, 0.05) is 0 Å². The van der Waals surface area contributed by atoms with E-state index in [1.165, 1.54) is 6.39 Å². The van der Waals surface area contributed by atoms with Crippen molar-refractivity contribution in [2.75, 3.05) is 0 Å². The molecule has 38 valence electrons. The third kappa shape index (κ3) is 0.962. The molecule has 1 aromatic rings. The van der Waals surface area contributed by atoms with Gasteiger partial charge in [0.25, 0.3) is 0 Å². The van der Waals surface area contributed by atoms with Crippen LogP contribution in [-0.2, 0) is 5.75 Å². The Morgan fingerprint density at radius 2 is 2.71 bits per heavy atom. The summed E-state index contributed by atoms with van der Waals surface area (Å²) in [6.07, 6.45) is 3.04. The van der Waals surface area contributed by atoms with Crippen LogP contribution in [0.1, 0.15) is 5.76 Å². The zero-order valence-electron chi connectivity index (χ0n) is 3.66. The van der Waals surface area contributed by atoms with E-state index in [4.69, 9.17) is 4.42 Å². The number of aromatic nitrogens is 1. The Labute approximate surface area is 47.0 Å². The van der Waals surface area contributed by atoms with Crippen molar-refractivity contribution in [1.82, 2.24) is 4.98 Å². The molecular formula is C4H5NOS. The van der Waals surface area contributed by atoms with Crippen molar-refractivity contribution in [3.05, 3.63) is 18.4 Å². The van der Waals surface area contributed by atoms with Gasteiger partial charge in [-0.1, -0.05) is 0 Å². The zero-order chi connectivity index (χ0) is 5.11. The summed E-state index contributed by atoms with van der Waals surface area (Å²) in [6.45, 7) is 0. The third-order valence-electron chi connectivity index (χ3n) is 0.639. The SMILES string of the molecule is SCc1cnco1. The Hall–Kier alpha value is -0.440. The Morgan fingerprint density at radius 3 is 3.00 bits per heavy atom. The van der Waals surface area contributed by atoms with Gasteiger partial charge in [0.1, 0.15) is 5.76 Å². The molecule has 0 N–H and O–H groups in total. The van der Waals surface area contributed by atoms with Crippen molar-refractivity contribution >= 4 is 12.6 Å². The average Bonchev–Trinajstić information content (AvgIpc) is 2.14. The van der Waals surface area contributed by atoms with Crippen LogP contribution in [0.2, 0.25) is 0 Å². The molecule has 0 radical (unpaired) electrons. The molecule has 0 unspecified atom stereocenters. The monoisotopic (exact) mass is 115 g/mol. The fourth-order valence-electron chi connectivity index (χ4n) is 0.320. The van der Waals surface area contributed by atoms with Gasteiger partial charge in [-0.25, -0.2) is 4.98 Å². The first-order valence-electron chi connectivity index (χ1n) is 1.91. The van der Waals surface area contributed by atoms with Gasteiger partial charge in [-0.15, -0.1) is 0 Å². The molecule has 0 aliphatic heterocycles. The molecule has 0 fully saturated rings. The maximum atomic E-state index is 4.80. The first-order valence-corrected chi connectivity index (χ1v) is 2.55. The van der Waals surface area contributed by atoms with Gasteiger partial charge in [-0.2, -0.15) is 12.6 Å².